The molecular weight excluding hydrogens is 591 g/mol. The molecule has 0 aromatic rings. The molecule has 242 valence electrons. The normalized spacial score (nSPS) is 35.0. The van der Waals surface area contributed by atoms with E-state index in [2.05, 4.69) is 67.6 Å². The first-order valence-corrected chi connectivity index (χ1v) is 19.9. The lowest BCUT2D eigenvalue weighted by atomic mass is 9.63. The van der Waals surface area contributed by atoms with Crippen molar-refractivity contribution in [3.8, 4) is 0 Å². The van der Waals surface area contributed by atoms with E-state index in [9.17, 15) is 26.2 Å². The van der Waals surface area contributed by atoms with E-state index in [-0.39, 0.29) is 42.4 Å². The Morgan fingerprint density at radius 2 is 1.37 bits per heavy atom. The fourth-order valence-electron chi connectivity index (χ4n) is 6.32. The third-order valence-corrected chi connectivity index (χ3v) is 15.4. The lowest BCUT2D eigenvalue weighted by molar-refractivity contribution is -0.287. The minimum atomic E-state index is -4.47. The van der Waals surface area contributed by atoms with Crippen LogP contribution < -0.4 is 5.32 Å². The number of hydrogen-bond acceptors (Lipinski definition) is 8. The topological polar surface area (TPSA) is 166 Å². The Kier molecular flexibility index (Phi) is 11.7. The Hall–Kier alpha value is -0.613. The number of hydrogen-bond donors (Lipinski definition) is 3. The molecule has 0 saturated carbocycles. The Labute approximate surface area is 248 Å². The smallest absolute Gasteiger partial charge is 0.367 e. The molecule has 0 spiro atoms. The van der Waals surface area contributed by atoms with Gasteiger partial charge in [0, 0.05) is 30.8 Å². The van der Waals surface area contributed by atoms with Crippen molar-refractivity contribution in [2.45, 2.75) is 129 Å². The molecule has 1 amide bonds. The second-order valence-corrected chi connectivity index (χ2v) is 19.0. The van der Waals surface area contributed by atoms with Crippen molar-refractivity contribution in [3.63, 3.8) is 0 Å². The SMILES string of the molecule is CC(C)C1(C)O[Si]2(CCCNC(=O)CCCCC(CCS(=O)(=O)O)S(=O)(=O)O)OC(C)(C(C)C)[C@H](C)C(C)(O2)[C@@H]1C. The molecule has 5 unspecified atom stereocenters. The summed E-state index contributed by atoms with van der Waals surface area (Å²) in [4.78, 5) is 12.5. The van der Waals surface area contributed by atoms with Gasteiger partial charge in [0.1, 0.15) is 0 Å². The summed E-state index contributed by atoms with van der Waals surface area (Å²) in [5.41, 5.74) is -1.27. The fourth-order valence-corrected chi connectivity index (χ4v) is 12.2. The van der Waals surface area contributed by atoms with Crippen LogP contribution in [0, 0.1) is 23.7 Å². The van der Waals surface area contributed by atoms with Crippen molar-refractivity contribution >= 4 is 34.9 Å². The summed E-state index contributed by atoms with van der Waals surface area (Å²) in [5.74, 6) is -0.170. The van der Waals surface area contributed by atoms with Gasteiger partial charge in [-0.1, -0.05) is 48.0 Å². The van der Waals surface area contributed by atoms with E-state index >= 15 is 0 Å². The molecule has 2 aliphatic rings. The van der Waals surface area contributed by atoms with Crippen molar-refractivity contribution in [2.24, 2.45) is 23.7 Å². The van der Waals surface area contributed by atoms with Gasteiger partial charge in [0.15, 0.2) is 0 Å². The molecule has 2 rings (SSSR count). The standard InChI is InChI=1S/C27H53NO10S2Si/c1-19(2)25(7)21(5)27(9)22(6)26(8,20(3)4)37-41(36-25,38-27)18-12-16-28-24(29)14-11-10-13-23(40(33,34)35)15-17-39(30,31)32/h19-23H,10-18H2,1-9H3,(H,28,29)(H,30,31,32)(H,33,34,35)/t21-,22+,23?,25?,26?,27?,41?. The van der Waals surface area contributed by atoms with Crippen LogP contribution in [0.3, 0.4) is 0 Å². The number of unbranched alkanes of at least 4 members (excludes halogenated alkanes) is 1. The maximum Gasteiger partial charge on any atom is 0.502 e. The van der Waals surface area contributed by atoms with E-state index in [1.54, 1.807) is 0 Å². The average molecular weight is 644 g/mol. The van der Waals surface area contributed by atoms with Gasteiger partial charge in [-0.2, -0.15) is 16.8 Å². The highest BCUT2D eigenvalue weighted by Gasteiger charge is 2.70. The molecule has 3 N–H and O–H groups in total. The summed E-state index contributed by atoms with van der Waals surface area (Å²) < 4.78 is 83.8. The van der Waals surface area contributed by atoms with Gasteiger partial charge in [-0.3, -0.25) is 13.9 Å². The van der Waals surface area contributed by atoms with E-state index in [0.717, 1.165) is 0 Å². The monoisotopic (exact) mass is 643 g/mol. The third kappa shape index (κ3) is 8.52. The predicted molar refractivity (Wildman–Crippen MR) is 159 cm³/mol. The summed E-state index contributed by atoms with van der Waals surface area (Å²) in [6, 6.07) is 0.566. The molecule has 11 nitrogen and oxygen atoms in total. The second kappa shape index (κ2) is 13.2. The van der Waals surface area contributed by atoms with E-state index in [1.807, 2.05) is 0 Å². The Balaban J connectivity index is 1.96. The highest BCUT2D eigenvalue weighted by Crippen LogP contribution is 2.58. The summed E-state index contributed by atoms with van der Waals surface area (Å²) in [5, 5.41) is 1.59. The van der Waals surface area contributed by atoms with Crippen LogP contribution in [-0.2, 0) is 38.3 Å². The molecule has 41 heavy (non-hydrogen) atoms. The van der Waals surface area contributed by atoms with Crippen molar-refractivity contribution in [1.82, 2.24) is 5.32 Å². The zero-order chi connectivity index (χ0) is 31.7. The summed E-state index contributed by atoms with van der Waals surface area (Å²) >= 11 is 0. The maximum absolute atomic E-state index is 12.5. The van der Waals surface area contributed by atoms with Crippen LogP contribution in [-0.4, -0.2) is 75.0 Å². The molecule has 0 aromatic carbocycles. The minimum Gasteiger partial charge on any atom is -0.367 e. The van der Waals surface area contributed by atoms with Gasteiger partial charge in [0.2, 0.25) is 5.91 Å². The number of nitrogens with one attached hydrogen (secondary N) is 1. The van der Waals surface area contributed by atoms with Gasteiger partial charge in [-0.05, 0) is 58.3 Å². The Morgan fingerprint density at radius 3 is 1.80 bits per heavy atom. The van der Waals surface area contributed by atoms with E-state index in [0.29, 0.717) is 31.9 Å². The fraction of sp³-hybridized carbons (Fsp3) is 0.963. The molecule has 2 heterocycles. The first-order valence-electron chi connectivity index (χ1n) is 14.8. The van der Waals surface area contributed by atoms with E-state index in [1.165, 1.54) is 0 Å². The van der Waals surface area contributed by atoms with Crippen LogP contribution >= 0.6 is 0 Å². The molecular formula is C27H53NO10S2Si. The molecule has 2 aliphatic heterocycles. The summed E-state index contributed by atoms with van der Waals surface area (Å²) in [6.45, 7) is 20.0. The van der Waals surface area contributed by atoms with Gasteiger partial charge >= 0.3 is 8.80 Å². The number of amides is 1. The minimum absolute atomic E-state index is 0.0133. The first kappa shape index (κ1) is 36.6. The van der Waals surface area contributed by atoms with Crippen LogP contribution in [0.1, 0.15) is 101 Å². The van der Waals surface area contributed by atoms with Gasteiger partial charge in [0.05, 0.1) is 27.8 Å². The maximum atomic E-state index is 12.5. The number of rotatable bonds is 15. The Bertz CT molecular complexity index is 1100. The van der Waals surface area contributed by atoms with Crippen molar-refractivity contribution in [2.75, 3.05) is 12.3 Å². The number of carbonyl (C=O) groups excluding carboxylic acids is 1. The second-order valence-electron chi connectivity index (χ2n) is 13.2. The molecule has 0 aromatic heterocycles. The van der Waals surface area contributed by atoms with Crippen molar-refractivity contribution in [1.29, 1.82) is 0 Å². The quantitative estimate of drug-likeness (QED) is 0.132. The molecule has 2 fully saturated rings. The average Bonchev–Trinajstić information content (AvgIpc) is 2.82. The van der Waals surface area contributed by atoms with Crippen LogP contribution in [0.2, 0.25) is 6.04 Å². The van der Waals surface area contributed by atoms with Crippen molar-refractivity contribution in [3.05, 3.63) is 0 Å². The van der Waals surface area contributed by atoms with Crippen LogP contribution in [0.4, 0.5) is 0 Å². The third-order valence-electron chi connectivity index (χ3n) is 10.1. The van der Waals surface area contributed by atoms with E-state index in [4.69, 9.17) is 17.8 Å². The van der Waals surface area contributed by atoms with E-state index < -0.39 is 63.3 Å². The molecule has 0 radical (unpaired) electrons. The van der Waals surface area contributed by atoms with Crippen LogP contribution in [0.5, 0.6) is 0 Å². The zero-order valence-corrected chi connectivity index (χ0v) is 28.9. The number of carbonyl (C=O) groups is 1. The lowest BCUT2D eigenvalue weighted by Gasteiger charge is -2.67. The molecule has 2 saturated heterocycles. The van der Waals surface area contributed by atoms with Gasteiger partial charge in [-0.25, -0.2) is 0 Å². The highest BCUT2D eigenvalue weighted by atomic mass is 32.2. The summed E-state index contributed by atoms with van der Waals surface area (Å²) in [7, 11) is -11.9. The van der Waals surface area contributed by atoms with Gasteiger partial charge in [-0.15, -0.1) is 0 Å². The predicted octanol–water partition coefficient (Wildman–Crippen LogP) is 4.46. The highest BCUT2D eigenvalue weighted by molar-refractivity contribution is 7.87. The molecule has 2 bridgehead atoms. The molecule has 7 atom stereocenters. The van der Waals surface area contributed by atoms with Gasteiger partial charge < -0.3 is 18.6 Å². The largest absolute Gasteiger partial charge is 0.502 e. The molecule has 0 aliphatic carbocycles. The Morgan fingerprint density at radius 1 is 0.854 bits per heavy atom. The zero-order valence-electron chi connectivity index (χ0n) is 26.2. The summed E-state index contributed by atoms with van der Waals surface area (Å²) in [6.07, 6.45) is 1.01. The van der Waals surface area contributed by atoms with Crippen LogP contribution in [0.25, 0.3) is 0 Å². The lowest BCUT2D eigenvalue weighted by Crippen LogP contribution is -2.78. The van der Waals surface area contributed by atoms with Gasteiger partial charge in [0.25, 0.3) is 20.2 Å². The van der Waals surface area contributed by atoms with Crippen LogP contribution in [0.15, 0.2) is 0 Å². The van der Waals surface area contributed by atoms with Crippen molar-refractivity contribution < 1.29 is 44.0 Å². The molecule has 14 heteroatoms. The number of fused-ring (bicyclic) bond motifs is 2. The first-order chi connectivity index (χ1) is 18.5.